The van der Waals surface area contributed by atoms with Crippen LogP contribution in [0.5, 0.6) is 0 Å². The van der Waals surface area contributed by atoms with E-state index in [1.54, 1.807) is 12.5 Å². The zero-order chi connectivity index (χ0) is 20.1. The summed E-state index contributed by atoms with van der Waals surface area (Å²) in [6.07, 6.45) is 10.6. The molecule has 0 bridgehead atoms. The van der Waals surface area contributed by atoms with Crippen LogP contribution in [0, 0.1) is 34.0 Å². The highest BCUT2D eigenvalue weighted by molar-refractivity contribution is 5.99. The summed E-state index contributed by atoms with van der Waals surface area (Å²) in [4.78, 5) is 13.0. The number of hydrogen-bond acceptors (Lipinski definition) is 3. The van der Waals surface area contributed by atoms with Crippen molar-refractivity contribution in [1.82, 2.24) is 0 Å². The third kappa shape index (κ3) is 2.07. The predicted octanol–water partition coefficient (Wildman–Crippen LogP) is 5.75. The monoisotopic (exact) mass is 384 g/mol. The van der Waals surface area contributed by atoms with Crippen LogP contribution in [0.2, 0.25) is 0 Å². The molecule has 1 N–H and O–H groups in total. The van der Waals surface area contributed by atoms with Gasteiger partial charge in [0.1, 0.15) is 6.26 Å². The Balaban J connectivity index is 1.64. The Morgan fingerprint density at radius 3 is 2.43 bits per heavy atom. The second-order valence-electron chi connectivity index (χ2n) is 11.9. The van der Waals surface area contributed by atoms with E-state index in [9.17, 15) is 9.90 Å². The van der Waals surface area contributed by atoms with Gasteiger partial charge in [-0.25, -0.2) is 0 Å². The predicted molar refractivity (Wildman–Crippen MR) is 109 cm³/mol. The molecular weight excluding hydrogens is 348 g/mol. The van der Waals surface area contributed by atoms with Crippen molar-refractivity contribution >= 4 is 5.78 Å². The first-order valence-electron chi connectivity index (χ1n) is 11.3. The molecule has 0 radical (unpaired) electrons. The van der Waals surface area contributed by atoms with Crippen LogP contribution in [0.15, 0.2) is 16.9 Å². The number of rotatable bonds is 0. The van der Waals surface area contributed by atoms with Gasteiger partial charge in [-0.05, 0) is 66.1 Å². The fourth-order valence-corrected chi connectivity index (χ4v) is 9.07. The molecule has 0 spiro atoms. The maximum absolute atomic E-state index is 13.0. The van der Waals surface area contributed by atoms with Crippen LogP contribution < -0.4 is 0 Å². The molecule has 4 aliphatic carbocycles. The minimum atomic E-state index is -0.416. The van der Waals surface area contributed by atoms with Crippen LogP contribution in [0.3, 0.4) is 0 Å². The number of aliphatic hydroxyl groups is 1. The topological polar surface area (TPSA) is 50.4 Å². The summed E-state index contributed by atoms with van der Waals surface area (Å²) in [5, 5.41) is 11.6. The fraction of sp³-hybridized carbons (Fsp3) is 0.800. The molecule has 0 saturated heterocycles. The standard InChI is InChI=1S/C25H36O3/c1-22(2)8-6-9-23(3)18(22)7-10-24(4)19(23)12-21(27)25(5)16-14-28-13-15(16)17(26)11-20(24)25/h13-14,18-21,27H,6-12H2,1-5H3/t18?,19?,20?,21-,23+,24-,25-/m1/s1. The van der Waals surface area contributed by atoms with Crippen LogP contribution in [0.25, 0.3) is 0 Å². The van der Waals surface area contributed by atoms with Gasteiger partial charge in [0.05, 0.1) is 17.9 Å². The highest BCUT2D eigenvalue weighted by atomic mass is 16.3. The molecule has 3 fully saturated rings. The zero-order valence-corrected chi connectivity index (χ0v) is 18.2. The summed E-state index contributed by atoms with van der Waals surface area (Å²) in [5.74, 6) is 1.59. The highest BCUT2D eigenvalue weighted by Gasteiger charge is 2.68. The summed E-state index contributed by atoms with van der Waals surface area (Å²) in [5.41, 5.74) is 2.01. The van der Waals surface area contributed by atoms with E-state index < -0.39 is 6.10 Å². The van der Waals surface area contributed by atoms with Crippen molar-refractivity contribution in [1.29, 1.82) is 0 Å². The average molecular weight is 385 g/mol. The van der Waals surface area contributed by atoms with Gasteiger partial charge in [0, 0.05) is 17.4 Å². The van der Waals surface area contributed by atoms with Gasteiger partial charge in [-0.15, -0.1) is 0 Å². The quantitative estimate of drug-likeness (QED) is 0.619. The summed E-state index contributed by atoms with van der Waals surface area (Å²) >= 11 is 0. The molecule has 0 aliphatic heterocycles. The minimum absolute atomic E-state index is 0.0945. The lowest BCUT2D eigenvalue weighted by Gasteiger charge is -2.69. The zero-order valence-electron chi connectivity index (χ0n) is 18.2. The van der Waals surface area contributed by atoms with E-state index >= 15 is 0 Å². The SMILES string of the molecule is CC1(C)CCC[C@@]2(C)C1CC[C@]1(C)C2C[C@@H](O)[C@]2(C)c3cocc3C(=O)CC12. The maximum atomic E-state index is 13.0. The first-order chi connectivity index (χ1) is 13.0. The van der Waals surface area contributed by atoms with Crippen LogP contribution in [-0.4, -0.2) is 17.0 Å². The van der Waals surface area contributed by atoms with Gasteiger partial charge in [0.25, 0.3) is 0 Å². The first kappa shape index (κ1) is 18.9. The van der Waals surface area contributed by atoms with E-state index in [0.29, 0.717) is 29.2 Å². The minimum Gasteiger partial charge on any atom is -0.472 e. The number of hydrogen-bond donors (Lipinski definition) is 1. The van der Waals surface area contributed by atoms with Crippen molar-refractivity contribution in [3.05, 3.63) is 23.7 Å². The van der Waals surface area contributed by atoms with Crippen LogP contribution >= 0.6 is 0 Å². The molecule has 3 saturated carbocycles. The van der Waals surface area contributed by atoms with Crippen molar-refractivity contribution in [3.8, 4) is 0 Å². The summed E-state index contributed by atoms with van der Waals surface area (Å²) in [6, 6.07) is 0. The molecule has 3 heteroatoms. The number of carbonyl (C=O) groups is 1. The van der Waals surface area contributed by atoms with Gasteiger partial charge in [0.15, 0.2) is 5.78 Å². The fourth-order valence-electron chi connectivity index (χ4n) is 9.07. The molecule has 1 aromatic rings. The van der Waals surface area contributed by atoms with Gasteiger partial charge >= 0.3 is 0 Å². The molecule has 5 rings (SSSR count). The largest absolute Gasteiger partial charge is 0.472 e. The molecule has 154 valence electrons. The first-order valence-corrected chi connectivity index (χ1v) is 11.3. The van der Waals surface area contributed by atoms with Gasteiger partial charge in [-0.2, -0.15) is 0 Å². The third-order valence-corrected chi connectivity index (χ3v) is 10.4. The Morgan fingerprint density at radius 1 is 0.964 bits per heavy atom. The summed E-state index contributed by atoms with van der Waals surface area (Å²) < 4.78 is 5.47. The number of fused-ring (bicyclic) bond motifs is 7. The highest BCUT2D eigenvalue weighted by Crippen LogP contribution is 2.72. The van der Waals surface area contributed by atoms with Gasteiger partial charge in [-0.3, -0.25) is 4.79 Å². The van der Waals surface area contributed by atoms with Crippen molar-refractivity contribution in [3.63, 3.8) is 0 Å². The summed E-state index contributed by atoms with van der Waals surface area (Å²) in [7, 11) is 0. The molecule has 3 nitrogen and oxygen atoms in total. The van der Waals surface area contributed by atoms with Gasteiger partial charge in [-0.1, -0.05) is 41.0 Å². The second kappa shape index (κ2) is 5.53. The molecule has 28 heavy (non-hydrogen) atoms. The number of ketones is 1. The average Bonchev–Trinajstić information content (AvgIpc) is 3.10. The molecule has 3 unspecified atom stereocenters. The normalized spacial score (nSPS) is 49.6. The summed E-state index contributed by atoms with van der Waals surface area (Å²) in [6.45, 7) is 12.1. The maximum Gasteiger partial charge on any atom is 0.166 e. The van der Waals surface area contributed by atoms with Crippen LogP contribution in [0.1, 0.15) is 95.5 Å². The molecule has 0 amide bonds. The van der Waals surface area contributed by atoms with Gasteiger partial charge < -0.3 is 9.52 Å². The number of carbonyl (C=O) groups excluding carboxylic acids is 1. The number of aliphatic hydroxyl groups excluding tert-OH is 1. The second-order valence-corrected chi connectivity index (χ2v) is 11.9. The van der Waals surface area contributed by atoms with E-state index in [4.69, 9.17) is 4.42 Å². The Kier molecular flexibility index (Phi) is 3.74. The number of Topliss-reactive ketones (excluding diaryl/α,β-unsaturated/α-hetero) is 1. The molecule has 7 atom stereocenters. The van der Waals surface area contributed by atoms with Crippen LogP contribution in [0.4, 0.5) is 0 Å². The van der Waals surface area contributed by atoms with E-state index in [1.165, 1.54) is 32.1 Å². The molecule has 4 aliphatic rings. The van der Waals surface area contributed by atoms with Crippen molar-refractivity contribution in [2.24, 2.45) is 34.0 Å². The lowest BCUT2D eigenvalue weighted by molar-refractivity contribution is -0.204. The third-order valence-electron chi connectivity index (χ3n) is 10.4. The van der Waals surface area contributed by atoms with Crippen molar-refractivity contribution in [2.45, 2.75) is 91.1 Å². The smallest absolute Gasteiger partial charge is 0.166 e. The molecular formula is C25H36O3. The molecule has 0 aromatic carbocycles. The number of furan rings is 1. The van der Waals surface area contributed by atoms with Crippen molar-refractivity contribution < 1.29 is 14.3 Å². The lowest BCUT2D eigenvalue weighted by Crippen LogP contribution is -2.66. The van der Waals surface area contributed by atoms with E-state index in [2.05, 4.69) is 34.6 Å². The van der Waals surface area contributed by atoms with Crippen LogP contribution in [-0.2, 0) is 5.41 Å². The van der Waals surface area contributed by atoms with Gasteiger partial charge in [0.2, 0.25) is 0 Å². The van der Waals surface area contributed by atoms with Crippen molar-refractivity contribution in [2.75, 3.05) is 0 Å². The molecule has 1 aromatic heterocycles. The van der Waals surface area contributed by atoms with E-state index in [1.807, 2.05) is 0 Å². The Hall–Kier alpha value is -1.09. The Labute approximate surface area is 169 Å². The van der Waals surface area contributed by atoms with E-state index in [0.717, 1.165) is 12.0 Å². The Morgan fingerprint density at radius 2 is 1.68 bits per heavy atom. The molecule has 1 heterocycles. The van der Waals surface area contributed by atoms with E-state index in [-0.39, 0.29) is 27.9 Å². The lowest BCUT2D eigenvalue weighted by atomic mass is 9.35. The Bertz CT molecular complexity index is 822.